The van der Waals surface area contributed by atoms with Crippen molar-refractivity contribution >= 4 is 5.69 Å². The highest BCUT2D eigenvalue weighted by atomic mass is 16.5. The number of benzene rings is 1. The minimum atomic E-state index is 0.275. The lowest BCUT2D eigenvalue weighted by atomic mass is 10.0. The third-order valence-electron chi connectivity index (χ3n) is 4.03. The Balaban J connectivity index is 1.61. The summed E-state index contributed by atoms with van der Waals surface area (Å²) in [5, 5.41) is 7.48. The fourth-order valence-electron chi connectivity index (χ4n) is 2.90. The summed E-state index contributed by atoms with van der Waals surface area (Å²) >= 11 is 0. The van der Waals surface area contributed by atoms with Gasteiger partial charge in [-0.05, 0) is 43.0 Å². The van der Waals surface area contributed by atoms with Crippen molar-refractivity contribution in [1.82, 2.24) is 10.1 Å². The molecular weight excluding hydrogens is 254 g/mol. The van der Waals surface area contributed by atoms with E-state index in [0.717, 1.165) is 43.8 Å². The van der Waals surface area contributed by atoms with Crippen molar-refractivity contribution in [3.8, 4) is 11.5 Å². The second-order valence-corrected chi connectivity index (χ2v) is 5.42. The molecule has 104 valence electrons. The van der Waals surface area contributed by atoms with Gasteiger partial charge in [-0.25, -0.2) is 0 Å². The van der Waals surface area contributed by atoms with Gasteiger partial charge < -0.3 is 14.6 Å². The zero-order valence-electron chi connectivity index (χ0n) is 11.3. The normalized spacial score (nSPS) is 21.5. The summed E-state index contributed by atoms with van der Waals surface area (Å²) in [4.78, 5) is 4.55. The van der Waals surface area contributed by atoms with Crippen LogP contribution in [0, 0.1) is 0 Å². The Bertz CT molecular complexity index is 617. The van der Waals surface area contributed by atoms with Gasteiger partial charge in [0.15, 0.2) is 5.82 Å². The van der Waals surface area contributed by atoms with Crippen LogP contribution in [0.3, 0.4) is 0 Å². The molecule has 3 heterocycles. The van der Waals surface area contributed by atoms with Crippen LogP contribution in [0.5, 0.6) is 0 Å². The molecule has 1 saturated heterocycles. The molecule has 0 radical (unpaired) electrons. The van der Waals surface area contributed by atoms with Crippen LogP contribution in [0.1, 0.15) is 30.1 Å². The standard InChI is InChI=1S/C15H17N3O2/c1-2-12(9-19-7-1)14-17-15(20-18-14)11-3-4-13-10(8-11)5-6-16-13/h3-4,8,12,16H,1-2,5-7,9H2. The van der Waals surface area contributed by atoms with Crippen molar-refractivity contribution < 1.29 is 9.26 Å². The Kier molecular flexibility index (Phi) is 2.92. The van der Waals surface area contributed by atoms with E-state index in [4.69, 9.17) is 9.26 Å². The Hall–Kier alpha value is -1.88. The fraction of sp³-hybridized carbons (Fsp3) is 0.467. The van der Waals surface area contributed by atoms with Gasteiger partial charge in [0.1, 0.15) is 0 Å². The van der Waals surface area contributed by atoms with Crippen LogP contribution >= 0.6 is 0 Å². The minimum absolute atomic E-state index is 0.275. The van der Waals surface area contributed by atoms with Gasteiger partial charge in [-0.15, -0.1) is 0 Å². The Morgan fingerprint density at radius 1 is 1.30 bits per heavy atom. The van der Waals surface area contributed by atoms with Crippen molar-refractivity contribution in [1.29, 1.82) is 0 Å². The van der Waals surface area contributed by atoms with Gasteiger partial charge >= 0.3 is 0 Å². The minimum Gasteiger partial charge on any atom is -0.384 e. The smallest absolute Gasteiger partial charge is 0.257 e. The third kappa shape index (κ3) is 2.08. The Morgan fingerprint density at radius 3 is 3.20 bits per heavy atom. The number of aromatic nitrogens is 2. The van der Waals surface area contributed by atoms with Gasteiger partial charge in [0.2, 0.25) is 0 Å². The molecule has 1 unspecified atom stereocenters. The monoisotopic (exact) mass is 271 g/mol. The van der Waals surface area contributed by atoms with E-state index in [1.807, 2.05) is 6.07 Å². The molecule has 5 nitrogen and oxygen atoms in total. The zero-order chi connectivity index (χ0) is 13.4. The quantitative estimate of drug-likeness (QED) is 0.909. The lowest BCUT2D eigenvalue weighted by Crippen LogP contribution is -2.16. The molecular formula is C15H17N3O2. The molecule has 2 aliphatic heterocycles. The maximum absolute atomic E-state index is 5.48. The van der Waals surface area contributed by atoms with E-state index in [2.05, 4.69) is 27.6 Å². The van der Waals surface area contributed by atoms with Crippen LogP contribution in [0.4, 0.5) is 5.69 Å². The summed E-state index contributed by atoms with van der Waals surface area (Å²) in [5.74, 6) is 1.66. The largest absolute Gasteiger partial charge is 0.384 e. The van der Waals surface area contributed by atoms with Crippen molar-refractivity contribution in [2.24, 2.45) is 0 Å². The van der Waals surface area contributed by atoms with E-state index in [0.29, 0.717) is 12.5 Å². The van der Waals surface area contributed by atoms with Gasteiger partial charge in [-0.1, -0.05) is 5.16 Å². The van der Waals surface area contributed by atoms with Crippen LogP contribution in [-0.4, -0.2) is 29.9 Å². The molecule has 1 fully saturated rings. The van der Waals surface area contributed by atoms with E-state index in [-0.39, 0.29) is 5.92 Å². The molecule has 0 aliphatic carbocycles. The molecule has 1 aromatic heterocycles. The molecule has 2 aromatic rings. The maximum atomic E-state index is 5.48. The van der Waals surface area contributed by atoms with Crippen LogP contribution in [-0.2, 0) is 11.2 Å². The van der Waals surface area contributed by atoms with Crippen molar-refractivity contribution in [2.45, 2.75) is 25.2 Å². The number of fused-ring (bicyclic) bond motifs is 1. The van der Waals surface area contributed by atoms with E-state index in [9.17, 15) is 0 Å². The highest BCUT2D eigenvalue weighted by Crippen LogP contribution is 2.29. The van der Waals surface area contributed by atoms with Crippen molar-refractivity contribution in [3.63, 3.8) is 0 Å². The molecule has 1 atom stereocenters. The average Bonchev–Trinajstić information content (AvgIpc) is 3.16. The first-order valence-electron chi connectivity index (χ1n) is 7.19. The summed E-state index contributed by atoms with van der Waals surface area (Å²) in [6.07, 6.45) is 3.20. The first-order chi connectivity index (χ1) is 9.90. The van der Waals surface area contributed by atoms with Crippen LogP contribution in [0.2, 0.25) is 0 Å². The fourth-order valence-corrected chi connectivity index (χ4v) is 2.90. The molecule has 4 rings (SSSR count). The van der Waals surface area contributed by atoms with E-state index in [1.165, 1.54) is 11.3 Å². The number of hydrogen-bond donors (Lipinski definition) is 1. The molecule has 1 aromatic carbocycles. The third-order valence-corrected chi connectivity index (χ3v) is 4.03. The Labute approximate surface area is 117 Å². The highest BCUT2D eigenvalue weighted by molar-refractivity contribution is 5.64. The predicted octanol–water partition coefficient (Wildman–Crippen LogP) is 2.60. The van der Waals surface area contributed by atoms with Crippen LogP contribution < -0.4 is 5.32 Å². The first kappa shape index (κ1) is 11.9. The molecule has 0 saturated carbocycles. The molecule has 0 amide bonds. The number of nitrogens with zero attached hydrogens (tertiary/aromatic N) is 2. The maximum Gasteiger partial charge on any atom is 0.257 e. The van der Waals surface area contributed by atoms with Gasteiger partial charge in [-0.3, -0.25) is 0 Å². The number of ether oxygens (including phenoxy) is 1. The summed E-state index contributed by atoms with van der Waals surface area (Å²) in [7, 11) is 0. The van der Waals surface area contributed by atoms with Gasteiger partial charge in [0, 0.05) is 30.3 Å². The van der Waals surface area contributed by atoms with E-state index >= 15 is 0 Å². The molecule has 0 bridgehead atoms. The summed E-state index contributed by atoms with van der Waals surface area (Å²) in [6, 6.07) is 6.26. The Morgan fingerprint density at radius 2 is 2.30 bits per heavy atom. The molecule has 1 N–H and O–H groups in total. The van der Waals surface area contributed by atoms with Crippen molar-refractivity contribution in [2.75, 3.05) is 25.1 Å². The topological polar surface area (TPSA) is 60.2 Å². The number of hydrogen-bond acceptors (Lipinski definition) is 5. The van der Waals surface area contributed by atoms with Crippen molar-refractivity contribution in [3.05, 3.63) is 29.6 Å². The number of nitrogens with one attached hydrogen (secondary N) is 1. The summed E-state index contributed by atoms with van der Waals surface area (Å²) in [6.45, 7) is 2.55. The number of rotatable bonds is 2. The van der Waals surface area contributed by atoms with Gasteiger partial charge in [-0.2, -0.15) is 4.98 Å². The summed E-state index contributed by atoms with van der Waals surface area (Å²) in [5.41, 5.74) is 3.54. The summed E-state index contributed by atoms with van der Waals surface area (Å²) < 4.78 is 10.9. The first-order valence-corrected chi connectivity index (χ1v) is 7.19. The second kappa shape index (κ2) is 4.90. The van der Waals surface area contributed by atoms with Gasteiger partial charge in [0.05, 0.1) is 6.61 Å². The molecule has 2 aliphatic rings. The molecule has 0 spiro atoms. The number of anilines is 1. The highest BCUT2D eigenvalue weighted by Gasteiger charge is 2.22. The van der Waals surface area contributed by atoms with Gasteiger partial charge in [0.25, 0.3) is 5.89 Å². The van der Waals surface area contributed by atoms with E-state index in [1.54, 1.807) is 0 Å². The SMILES string of the molecule is c1cc2c(cc1-c1nc(C3CCCOC3)no1)CCN2. The molecule has 5 heteroatoms. The lowest BCUT2D eigenvalue weighted by molar-refractivity contribution is 0.0773. The predicted molar refractivity (Wildman–Crippen MR) is 74.7 cm³/mol. The van der Waals surface area contributed by atoms with E-state index < -0.39 is 0 Å². The molecule has 20 heavy (non-hydrogen) atoms. The average molecular weight is 271 g/mol. The zero-order valence-corrected chi connectivity index (χ0v) is 11.3. The lowest BCUT2D eigenvalue weighted by Gasteiger charge is -2.18. The second-order valence-electron chi connectivity index (χ2n) is 5.42. The van der Waals surface area contributed by atoms with Crippen LogP contribution in [0.15, 0.2) is 22.7 Å². The van der Waals surface area contributed by atoms with Crippen LogP contribution in [0.25, 0.3) is 11.5 Å².